The molecule has 0 aliphatic rings. The summed E-state index contributed by atoms with van der Waals surface area (Å²) in [5.41, 5.74) is 2.96. The summed E-state index contributed by atoms with van der Waals surface area (Å²) in [4.78, 5) is 15.1. The molecule has 4 nitrogen and oxygen atoms in total. The van der Waals surface area contributed by atoms with E-state index < -0.39 is 5.97 Å². The fourth-order valence-electron chi connectivity index (χ4n) is 2.10. The van der Waals surface area contributed by atoms with Crippen molar-refractivity contribution in [2.24, 2.45) is 0 Å². The number of aromatic nitrogens is 1. The number of hydrogen-bond donors (Lipinski definition) is 1. The van der Waals surface area contributed by atoms with E-state index in [0.717, 1.165) is 22.6 Å². The van der Waals surface area contributed by atoms with E-state index >= 15 is 0 Å². The van der Waals surface area contributed by atoms with Gasteiger partial charge < -0.3 is 9.84 Å². The first-order valence-corrected chi connectivity index (χ1v) is 7.82. The van der Waals surface area contributed by atoms with E-state index in [4.69, 9.17) is 9.84 Å². The standard InChI is InChI=1S/C16H19NO3S/c1-4-20-14-6-5-11(7-12(14)10(2)3)13-9-21-15(17-13)8-16(18)19/h5-7,9-10H,4,8H2,1-3H3,(H,18,19). The number of nitrogens with zero attached hydrogens (tertiary/aromatic N) is 1. The van der Waals surface area contributed by atoms with Gasteiger partial charge in [0.05, 0.1) is 18.7 Å². The van der Waals surface area contributed by atoms with Crippen molar-refractivity contribution in [2.75, 3.05) is 6.61 Å². The second-order valence-corrected chi connectivity index (χ2v) is 5.98. The number of aliphatic carboxylic acids is 1. The molecule has 0 saturated carbocycles. The Labute approximate surface area is 128 Å². The van der Waals surface area contributed by atoms with Gasteiger partial charge in [0, 0.05) is 10.9 Å². The Bertz CT molecular complexity index is 634. The summed E-state index contributed by atoms with van der Waals surface area (Å²) in [5.74, 6) is 0.395. The second-order valence-electron chi connectivity index (χ2n) is 5.04. The average molecular weight is 305 g/mol. The number of thiazole rings is 1. The van der Waals surface area contributed by atoms with Crippen LogP contribution in [0.15, 0.2) is 23.6 Å². The Morgan fingerprint density at radius 1 is 1.43 bits per heavy atom. The van der Waals surface area contributed by atoms with Gasteiger partial charge in [0.25, 0.3) is 0 Å². The molecule has 0 bridgehead atoms. The molecule has 1 aromatic heterocycles. The Hall–Kier alpha value is -1.88. The lowest BCUT2D eigenvalue weighted by molar-refractivity contribution is -0.136. The zero-order chi connectivity index (χ0) is 15.4. The quantitative estimate of drug-likeness (QED) is 0.877. The van der Waals surface area contributed by atoms with Gasteiger partial charge in [-0.05, 0) is 36.6 Å². The molecule has 0 saturated heterocycles. The van der Waals surface area contributed by atoms with Crippen molar-refractivity contribution in [3.63, 3.8) is 0 Å². The predicted octanol–water partition coefficient (Wildman–Crippen LogP) is 3.96. The largest absolute Gasteiger partial charge is 0.494 e. The molecule has 0 atom stereocenters. The van der Waals surface area contributed by atoms with Crippen LogP contribution in [-0.4, -0.2) is 22.7 Å². The van der Waals surface area contributed by atoms with Crippen LogP contribution in [0.5, 0.6) is 5.75 Å². The molecule has 0 amide bonds. The van der Waals surface area contributed by atoms with Crippen molar-refractivity contribution in [1.29, 1.82) is 0 Å². The summed E-state index contributed by atoms with van der Waals surface area (Å²) in [6, 6.07) is 6.01. The van der Waals surface area contributed by atoms with Crippen molar-refractivity contribution in [3.8, 4) is 17.0 Å². The summed E-state index contributed by atoms with van der Waals surface area (Å²) in [5, 5.41) is 11.3. The van der Waals surface area contributed by atoms with Crippen LogP contribution in [-0.2, 0) is 11.2 Å². The molecule has 0 aliphatic heterocycles. The lowest BCUT2D eigenvalue weighted by Crippen LogP contribution is -2.00. The number of rotatable bonds is 6. The van der Waals surface area contributed by atoms with Crippen LogP contribution in [0.25, 0.3) is 11.3 Å². The van der Waals surface area contributed by atoms with Gasteiger partial charge in [-0.15, -0.1) is 11.3 Å². The highest BCUT2D eigenvalue weighted by molar-refractivity contribution is 7.10. The summed E-state index contributed by atoms with van der Waals surface area (Å²) >= 11 is 1.38. The number of carbonyl (C=O) groups is 1. The van der Waals surface area contributed by atoms with E-state index in [9.17, 15) is 4.79 Å². The Morgan fingerprint density at radius 2 is 2.19 bits per heavy atom. The average Bonchev–Trinajstić information content (AvgIpc) is 2.87. The second kappa shape index (κ2) is 6.72. The van der Waals surface area contributed by atoms with Crippen molar-refractivity contribution in [3.05, 3.63) is 34.2 Å². The summed E-state index contributed by atoms with van der Waals surface area (Å²) < 4.78 is 5.65. The van der Waals surface area contributed by atoms with E-state index in [1.807, 2.05) is 24.4 Å². The third kappa shape index (κ3) is 3.82. The molecule has 2 rings (SSSR count). The monoisotopic (exact) mass is 305 g/mol. The van der Waals surface area contributed by atoms with Gasteiger partial charge in [-0.25, -0.2) is 4.98 Å². The molecule has 0 spiro atoms. The summed E-state index contributed by atoms with van der Waals surface area (Å²) in [6.07, 6.45) is -0.0290. The fourth-order valence-corrected chi connectivity index (χ4v) is 2.89. The van der Waals surface area contributed by atoms with E-state index in [-0.39, 0.29) is 6.42 Å². The maximum atomic E-state index is 10.7. The van der Waals surface area contributed by atoms with Gasteiger partial charge in [0.1, 0.15) is 10.8 Å². The first-order chi connectivity index (χ1) is 10.0. The van der Waals surface area contributed by atoms with Crippen molar-refractivity contribution in [2.45, 2.75) is 33.1 Å². The molecule has 2 aromatic rings. The van der Waals surface area contributed by atoms with Crippen LogP contribution in [0.3, 0.4) is 0 Å². The van der Waals surface area contributed by atoms with Crippen LogP contribution >= 0.6 is 11.3 Å². The van der Waals surface area contributed by atoms with Gasteiger partial charge in [-0.1, -0.05) is 13.8 Å². The molecule has 1 heterocycles. The van der Waals surface area contributed by atoms with Crippen LogP contribution in [0.2, 0.25) is 0 Å². The molecular weight excluding hydrogens is 286 g/mol. The third-order valence-corrected chi connectivity index (χ3v) is 3.93. The molecular formula is C16H19NO3S. The highest BCUT2D eigenvalue weighted by atomic mass is 32.1. The molecule has 0 unspecified atom stereocenters. The van der Waals surface area contributed by atoms with Crippen LogP contribution < -0.4 is 4.74 Å². The minimum Gasteiger partial charge on any atom is -0.494 e. The first-order valence-electron chi connectivity index (χ1n) is 6.94. The number of ether oxygens (including phenoxy) is 1. The molecule has 1 N–H and O–H groups in total. The van der Waals surface area contributed by atoms with E-state index in [1.54, 1.807) is 0 Å². The maximum Gasteiger partial charge on any atom is 0.310 e. The lowest BCUT2D eigenvalue weighted by Gasteiger charge is -2.14. The minimum atomic E-state index is -0.856. The van der Waals surface area contributed by atoms with Gasteiger partial charge in [0.2, 0.25) is 0 Å². The Morgan fingerprint density at radius 3 is 2.81 bits per heavy atom. The number of benzene rings is 1. The number of carboxylic acids is 1. The zero-order valence-electron chi connectivity index (χ0n) is 12.4. The van der Waals surface area contributed by atoms with E-state index in [1.165, 1.54) is 11.3 Å². The Kier molecular flexibility index (Phi) is 4.96. The van der Waals surface area contributed by atoms with E-state index in [0.29, 0.717) is 17.5 Å². The molecule has 5 heteroatoms. The van der Waals surface area contributed by atoms with Gasteiger partial charge >= 0.3 is 5.97 Å². The number of hydrogen-bond acceptors (Lipinski definition) is 4. The fraction of sp³-hybridized carbons (Fsp3) is 0.375. The van der Waals surface area contributed by atoms with Crippen molar-refractivity contribution >= 4 is 17.3 Å². The van der Waals surface area contributed by atoms with Crippen LogP contribution in [0, 0.1) is 0 Å². The number of carboxylic acid groups (broad SMARTS) is 1. The summed E-state index contributed by atoms with van der Waals surface area (Å²) in [7, 11) is 0. The molecule has 0 fully saturated rings. The van der Waals surface area contributed by atoms with Gasteiger partial charge in [-0.3, -0.25) is 4.79 Å². The van der Waals surface area contributed by atoms with Gasteiger partial charge in [0.15, 0.2) is 0 Å². The van der Waals surface area contributed by atoms with Gasteiger partial charge in [-0.2, -0.15) is 0 Å². The first kappa shape index (κ1) is 15.5. The highest BCUT2D eigenvalue weighted by Crippen LogP contribution is 2.32. The molecule has 112 valence electrons. The predicted molar refractivity (Wildman–Crippen MR) is 84.1 cm³/mol. The summed E-state index contributed by atoms with van der Waals surface area (Å²) in [6.45, 7) is 6.85. The molecule has 0 aliphatic carbocycles. The van der Waals surface area contributed by atoms with Crippen molar-refractivity contribution < 1.29 is 14.6 Å². The topological polar surface area (TPSA) is 59.4 Å². The molecule has 21 heavy (non-hydrogen) atoms. The lowest BCUT2D eigenvalue weighted by atomic mass is 9.98. The molecule has 1 aromatic carbocycles. The smallest absolute Gasteiger partial charge is 0.310 e. The minimum absolute atomic E-state index is 0.0290. The van der Waals surface area contributed by atoms with Crippen LogP contribution in [0.1, 0.15) is 37.3 Å². The van der Waals surface area contributed by atoms with Crippen molar-refractivity contribution in [1.82, 2.24) is 4.98 Å². The SMILES string of the molecule is CCOc1ccc(-c2csc(CC(=O)O)n2)cc1C(C)C. The molecule has 0 radical (unpaired) electrons. The normalized spacial score (nSPS) is 10.9. The Balaban J connectivity index is 2.33. The third-order valence-electron chi connectivity index (χ3n) is 3.08. The van der Waals surface area contributed by atoms with E-state index in [2.05, 4.69) is 24.9 Å². The maximum absolute atomic E-state index is 10.7. The van der Waals surface area contributed by atoms with Crippen LogP contribution in [0.4, 0.5) is 0 Å². The zero-order valence-corrected chi connectivity index (χ0v) is 13.2. The highest BCUT2D eigenvalue weighted by Gasteiger charge is 2.12.